The smallest absolute Gasteiger partial charge is 0.325 e. The van der Waals surface area contributed by atoms with Gasteiger partial charge in [-0.1, -0.05) is 71.1 Å². The summed E-state index contributed by atoms with van der Waals surface area (Å²) in [6.45, 7) is 4.11. The van der Waals surface area contributed by atoms with Crippen LogP contribution in [0.15, 0.2) is 0 Å². The number of rotatable bonds is 13. The van der Waals surface area contributed by atoms with E-state index >= 15 is 0 Å². The maximum absolute atomic E-state index is 11.6. The molecule has 1 aliphatic rings. The van der Waals surface area contributed by atoms with E-state index in [0.29, 0.717) is 6.42 Å². The van der Waals surface area contributed by atoms with Crippen molar-refractivity contribution >= 4 is 5.97 Å². The van der Waals surface area contributed by atoms with E-state index in [2.05, 4.69) is 6.92 Å². The van der Waals surface area contributed by atoms with Gasteiger partial charge in [0.1, 0.15) is 0 Å². The van der Waals surface area contributed by atoms with Crippen molar-refractivity contribution in [2.24, 2.45) is 0 Å². The molecular formula is C18H35NO2. The summed E-state index contributed by atoms with van der Waals surface area (Å²) in [5.41, 5.74) is 0. The minimum atomic E-state index is -0.0344. The van der Waals surface area contributed by atoms with Crippen molar-refractivity contribution in [1.29, 1.82) is 0 Å². The third-order valence-corrected chi connectivity index (χ3v) is 4.28. The van der Waals surface area contributed by atoms with Crippen LogP contribution in [-0.2, 0) is 9.63 Å². The Labute approximate surface area is 131 Å². The predicted octanol–water partition coefficient (Wildman–Crippen LogP) is 5.24. The first-order valence-electron chi connectivity index (χ1n) is 9.28. The Kier molecular flexibility index (Phi) is 11.5. The lowest BCUT2D eigenvalue weighted by molar-refractivity contribution is -0.185. The lowest BCUT2D eigenvalue weighted by Crippen LogP contribution is -2.23. The van der Waals surface area contributed by atoms with Crippen molar-refractivity contribution < 1.29 is 9.63 Å². The molecule has 0 unspecified atom stereocenters. The van der Waals surface area contributed by atoms with Gasteiger partial charge in [0, 0.05) is 19.5 Å². The zero-order chi connectivity index (χ0) is 15.2. The average molecular weight is 297 g/mol. The summed E-state index contributed by atoms with van der Waals surface area (Å²) in [5.74, 6) is -0.0344. The Hall–Kier alpha value is -0.570. The van der Waals surface area contributed by atoms with E-state index in [1.165, 1.54) is 64.2 Å². The number of unbranched alkanes of at least 4 members (excludes halogenated alkanes) is 10. The molecule has 1 rings (SSSR count). The largest absolute Gasteiger partial charge is 0.368 e. The normalized spacial score (nSPS) is 15.5. The van der Waals surface area contributed by atoms with E-state index in [-0.39, 0.29) is 5.97 Å². The van der Waals surface area contributed by atoms with E-state index in [4.69, 9.17) is 4.84 Å². The van der Waals surface area contributed by atoms with E-state index in [1.807, 2.05) is 5.06 Å². The number of carbonyl (C=O) groups is 1. The Balaban J connectivity index is 1.76. The van der Waals surface area contributed by atoms with Crippen LogP contribution >= 0.6 is 0 Å². The van der Waals surface area contributed by atoms with Gasteiger partial charge in [0.25, 0.3) is 0 Å². The molecule has 0 amide bonds. The van der Waals surface area contributed by atoms with Gasteiger partial charge in [0.05, 0.1) is 0 Å². The summed E-state index contributed by atoms with van der Waals surface area (Å²) < 4.78 is 0. The number of carbonyl (C=O) groups excluding carboxylic acids is 1. The standard InChI is InChI=1S/C18H35NO2/c1-2-3-4-5-6-7-8-9-10-11-12-15-18(20)21-19-16-13-14-17-19/h2-17H2,1H3. The van der Waals surface area contributed by atoms with Gasteiger partial charge in [-0.2, -0.15) is 0 Å². The molecule has 1 saturated heterocycles. The van der Waals surface area contributed by atoms with Gasteiger partial charge < -0.3 is 4.84 Å². The van der Waals surface area contributed by atoms with Crippen LogP contribution < -0.4 is 0 Å². The van der Waals surface area contributed by atoms with Gasteiger partial charge in [0.15, 0.2) is 0 Å². The third-order valence-electron chi connectivity index (χ3n) is 4.28. The van der Waals surface area contributed by atoms with Crippen molar-refractivity contribution in [2.45, 2.75) is 96.8 Å². The molecular weight excluding hydrogens is 262 g/mol. The Bertz CT molecular complexity index is 250. The van der Waals surface area contributed by atoms with Crippen LogP contribution in [0.2, 0.25) is 0 Å². The molecule has 3 nitrogen and oxygen atoms in total. The first-order chi connectivity index (χ1) is 10.3. The third kappa shape index (κ3) is 10.8. The van der Waals surface area contributed by atoms with Crippen LogP contribution in [-0.4, -0.2) is 24.1 Å². The average Bonchev–Trinajstić information content (AvgIpc) is 2.97. The second-order valence-electron chi connectivity index (χ2n) is 6.38. The molecule has 0 N–H and O–H groups in total. The maximum atomic E-state index is 11.6. The fourth-order valence-electron chi connectivity index (χ4n) is 2.90. The molecule has 3 heteroatoms. The van der Waals surface area contributed by atoms with Gasteiger partial charge >= 0.3 is 5.97 Å². The van der Waals surface area contributed by atoms with E-state index in [9.17, 15) is 4.79 Å². The van der Waals surface area contributed by atoms with Crippen LogP contribution in [0.1, 0.15) is 96.8 Å². The topological polar surface area (TPSA) is 29.5 Å². The predicted molar refractivity (Wildman–Crippen MR) is 88.0 cm³/mol. The van der Waals surface area contributed by atoms with Gasteiger partial charge in [-0.25, -0.2) is 0 Å². The molecule has 0 aliphatic carbocycles. The summed E-state index contributed by atoms with van der Waals surface area (Å²) in [4.78, 5) is 16.9. The zero-order valence-electron chi connectivity index (χ0n) is 14.1. The Morgan fingerprint density at radius 1 is 0.810 bits per heavy atom. The summed E-state index contributed by atoms with van der Waals surface area (Å²) in [6, 6.07) is 0. The van der Waals surface area contributed by atoms with E-state index in [0.717, 1.165) is 32.4 Å². The lowest BCUT2D eigenvalue weighted by atomic mass is 10.1. The highest BCUT2D eigenvalue weighted by Crippen LogP contribution is 2.13. The molecule has 0 aromatic carbocycles. The molecule has 1 heterocycles. The summed E-state index contributed by atoms with van der Waals surface area (Å²) in [5, 5.41) is 1.82. The number of nitrogens with zero attached hydrogens (tertiary/aromatic N) is 1. The van der Waals surface area contributed by atoms with Crippen LogP contribution in [0.25, 0.3) is 0 Å². The number of hydrogen-bond acceptors (Lipinski definition) is 3. The highest BCUT2D eigenvalue weighted by molar-refractivity contribution is 5.68. The fourth-order valence-corrected chi connectivity index (χ4v) is 2.90. The monoisotopic (exact) mass is 297 g/mol. The molecule has 0 aromatic heterocycles. The molecule has 0 atom stereocenters. The highest BCUT2D eigenvalue weighted by Gasteiger charge is 2.15. The highest BCUT2D eigenvalue weighted by atomic mass is 16.7. The molecule has 1 aliphatic heterocycles. The van der Waals surface area contributed by atoms with Crippen LogP contribution in [0.4, 0.5) is 0 Å². The summed E-state index contributed by atoms with van der Waals surface area (Å²) >= 11 is 0. The lowest BCUT2D eigenvalue weighted by Gasteiger charge is -2.13. The van der Waals surface area contributed by atoms with Crippen molar-refractivity contribution in [2.75, 3.05) is 13.1 Å². The minimum Gasteiger partial charge on any atom is -0.368 e. The molecule has 124 valence electrons. The number of hydrogen-bond donors (Lipinski definition) is 0. The second kappa shape index (κ2) is 13.1. The minimum absolute atomic E-state index is 0.0344. The van der Waals surface area contributed by atoms with Crippen molar-refractivity contribution in [3.63, 3.8) is 0 Å². The van der Waals surface area contributed by atoms with E-state index < -0.39 is 0 Å². The Morgan fingerprint density at radius 3 is 1.81 bits per heavy atom. The molecule has 0 spiro atoms. The van der Waals surface area contributed by atoms with Gasteiger partial charge in [-0.05, 0) is 19.3 Å². The summed E-state index contributed by atoms with van der Waals surface area (Å²) in [6.07, 6.45) is 17.4. The van der Waals surface area contributed by atoms with Gasteiger partial charge in [-0.3, -0.25) is 4.79 Å². The molecule has 0 saturated carbocycles. The van der Waals surface area contributed by atoms with Crippen molar-refractivity contribution in [1.82, 2.24) is 5.06 Å². The summed E-state index contributed by atoms with van der Waals surface area (Å²) in [7, 11) is 0. The van der Waals surface area contributed by atoms with Crippen LogP contribution in [0.3, 0.4) is 0 Å². The van der Waals surface area contributed by atoms with Crippen LogP contribution in [0, 0.1) is 0 Å². The first-order valence-corrected chi connectivity index (χ1v) is 9.28. The molecule has 21 heavy (non-hydrogen) atoms. The van der Waals surface area contributed by atoms with Crippen LogP contribution in [0.5, 0.6) is 0 Å². The molecule has 0 bridgehead atoms. The molecule has 0 radical (unpaired) electrons. The second-order valence-corrected chi connectivity index (χ2v) is 6.38. The first kappa shape index (κ1) is 18.5. The van der Waals surface area contributed by atoms with Crippen molar-refractivity contribution in [3.8, 4) is 0 Å². The fraction of sp³-hybridized carbons (Fsp3) is 0.944. The quantitative estimate of drug-likeness (QED) is 0.435. The van der Waals surface area contributed by atoms with E-state index in [1.54, 1.807) is 0 Å². The van der Waals surface area contributed by atoms with Crippen molar-refractivity contribution in [3.05, 3.63) is 0 Å². The number of hydroxylamine groups is 2. The SMILES string of the molecule is CCCCCCCCCCCCCC(=O)ON1CCCC1. The molecule has 1 fully saturated rings. The zero-order valence-corrected chi connectivity index (χ0v) is 14.1. The Morgan fingerprint density at radius 2 is 1.29 bits per heavy atom. The van der Waals surface area contributed by atoms with Gasteiger partial charge in [0.2, 0.25) is 0 Å². The van der Waals surface area contributed by atoms with Gasteiger partial charge in [-0.15, -0.1) is 5.06 Å². The maximum Gasteiger partial charge on any atom is 0.325 e. The molecule has 0 aromatic rings.